The van der Waals surface area contributed by atoms with Crippen LogP contribution >= 0.6 is 0 Å². The van der Waals surface area contributed by atoms with Crippen LogP contribution in [0.2, 0.25) is 0 Å². The van der Waals surface area contributed by atoms with E-state index in [1.165, 1.54) is 0 Å². The molecule has 0 aliphatic rings. The largest absolute Gasteiger partial charge is 0.481 e. The van der Waals surface area contributed by atoms with E-state index in [9.17, 15) is 4.79 Å². The lowest BCUT2D eigenvalue weighted by Gasteiger charge is -2.27. The summed E-state index contributed by atoms with van der Waals surface area (Å²) in [6, 6.07) is 0. The SMILES string of the molecule is CCC(CC)CC(C)(CN)C(=O)O. The van der Waals surface area contributed by atoms with Crippen molar-refractivity contribution in [3.8, 4) is 0 Å². The van der Waals surface area contributed by atoms with Gasteiger partial charge in [-0.05, 0) is 19.3 Å². The lowest BCUT2D eigenvalue weighted by atomic mass is 9.79. The number of hydrogen-bond acceptors (Lipinski definition) is 2. The fourth-order valence-corrected chi connectivity index (χ4v) is 1.47. The van der Waals surface area contributed by atoms with Crippen LogP contribution in [0.15, 0.2) is 0 Å². The Hall–Kier alpha value is -0.570. The van der Waals surface area contributed by atoms with Gasteiger partial charge in [-0.3, -0.25) is 4.79 Å². The van der Waals surface area contributed by atoms with Crippen molar-refractivity contribution in [2.75, 3.05) is 6.54 Å². The van der Waals surface area contributed by atoms with E-state index in [2.05, 4.69) is 13.8 Å². The molecule has 0 aliphatic carbocycles. The molecule has 3 nitrogen and oxygen atoms in total. The van der Waals surface area contributed by atoms with Gasteiger partial charge >= 0.3 is 5.97 Å². The van der Waals surface area contributed by atoms with Gasteiger partial charge in [0.05, 0.1) is 5.41 Å². The smallest absolute Gasteiger partial charge is 0.310 e. The predicted molar refractivity (Wildman–Crippen MR) is 53.5 cm³/mol. The number of carbonyl (C=O) groups is 1. The van der Waals surface area contributed by atoms with E-state index in [1.54, 1.807) is 6.92 Å². The topological polar surface area (TPSA) is 63.3 Å². The van der Waals surface area contributed by atoms with E-state index in [-0.39, 0.29) is 6.54 Å². The van der Waals surface area contributed by atoms with Gasteiger partial charge in [-0.25, -0.2) is 0 Å². The Morgan fingerprint density at radius 3 is 2.15 bits per heavy atom. The van der Waals surface area contributed by atoms with Gasteiger partial charge in [-0.15, -0.1) is 0 Å². The molecule has 0 saturated carbocycles. The van der Waals surface area contributed by atoms with E-state index in [1.807, 2.05) is 0 Å². The first-order chi connectivity index (χ1) is 6.00. The van der Waals surface area contributed by atoms with Crippen molar-refractivity contribution in [2.24, 2.45) is 17.1 Å². The van der Waals surface area contributed by atoms with Crippen LogP contribution in [-0.4, -0.2) is 17.6 Å². The summed E-state index contributed by atoms with van der Waals surface area (Å²) in [5.41, 5.74) is 4.75. The lowest BCUT2D eigenvalue weighted by Crippen LogP contribution is -2.37. The zero-order valence-electron chi connectivity index (χ0n) is 8.84. The summed E-state index contributed by atoms with van der Waals surface area (Å²) >= 11 is 0. The molecule has 0 spiro atoms. The predicted octanol–water partition coefficient (Wildman–Crippen LogP) is 1.86. The third kappa shape index (κ3) is 3.35. The van der Waals surface area contributed by atoms with Crippen LogP contribution in [-0.2, 0) is 4.79 Å². The van der Waals surface area contributed by atoms with Crippen LogP contribution in [0, 0.1) is 11.3 Å². The summed E-state index contributed by atoms with van der Waals surface area (Å²) in [5.74, 6) is -0.299. The number of nitrogens with two attached hydrogens (primary N) is 1. The van der Waals surface area contributed by atoms with E-state index < -0.39 is 11.4 Å². The van der Waals surface area contributed by atoms with Gasteiger partial charge in [0.1, 0.15) is 0 Å². The molecule has 13 heavy (non-hydrogen) atoms. The Balaban J connectivity index is 4.33. The number of rotatable bonds is 6. The second-order valence-electron chi connectivity index (χ2n) is 3.96. The van der Waals surface area contributed by atoms with Gasteiger partial charge in [0, 0.05) is 6.54 Å². The van der Waals surface area contributed by atoms with Crippen molar-refractivity contribution in [2.45, 2.75) is 40.0 Å². The maximum Gasteiger partial charge on any atom is 0.310 e. The molecule has 0 radical (unpaired) electrons. The Morgan fingerprint density at radius 2 is 1.92 bits per heavy atom. The molecule has 1 atom stereocenters. The molecular formula is C10H21NO2. The summed E-state index contributed by atoms with van der Waals surface area (Å²) in [6.45, 7) is 6.13. The van der Waals surface area contributed by atoms with Crippen molar-refractivity contribution in [1.29, 1.82) is 0 Å². The molecule has 0 bridgehead atoms. The quantitative estimate of drug-likeness (QED) is 0.667. The Labute approximate surface area is 80.3 Å². The summed E-state index contributed by atoms with van der Waals surface area (Å²) in [5, 5.41) is 8.99. The van der Waals surface area contributed by atoms with E-state index in [0.717, 1.165) is 12.8 Å². The monoisotopic (exact) mass is 187 g/mol. The summed E-state index contributed by atoms with van der Waals surface area (Å²) < 4.78 is 0. The summed E-state index contributed by atoms with van der Waals surface area (Å²) in [7, 11) is 0. The molecule has 0 saturated heterocycles. The van der Waals surface area contributed by atoms with Gasteiger partial charge in [-0.1, -0.05) is 26.7 Å². The van der Waals surface area contributed by atoms with Gasteiger partial charge < -0.3 is 10.8 Å². The van der Waals surface area contributed by atoms with Gasteiger partial charge in [-0.2, -0.15) is 0 Å². The van der Waals surface area contributed by atoms with Crippen LogP contribution in [0.4, 0.5) is 0 Å². The number of hydrogen-bond donors (Lipinski definition) is 2. The van der Waals surface area contributed by atoms with Gasteiger partial charge in [0.2, 0.25) is 0 Å². The standard InChI is InChI=1S/C10H21NO2/c1-4-8(5-2)6-10(3,7-11)9(12)13/h8H,4-7,11H2,1-3H3,(H,12,13). The molecule has 0 fully saturated rings. The molecule has 0 aliphatic heterocycles. The molecule has 3 heteroatoms. The van der Waals surface area contributed by atoms with Crippen LogP contribution in [0.25, 0.3) is 0 Å². The molecule has 78 valence electrons. The molecular weight excluding hydrogens is 166 g/mol. The number of carboxylic acids is 1. The van der Waals surface area contributed by atoms with E-state index >= 15 is 0 Å². The fourth-order valence-electron chi connectivity index (χ4n) is 1.47. The van der Waals surface area contributed by atoms with Crippen LogP contribution in [0.3, 0.4) is 0 Å². The minimum absolute atomic E-state index is 0.221. The summed E-state index contributed by atoms with van der Waals surface area (Å²) in [4.78, 5) is 10.9. The van der Waals surface area contributed by atoms with Gasteiger partial charge in [0.25, 0.3) is 0 Å². The van der Waals surface area contributed by atoms with Crippen molar-refractivity contribution >= 4 is 5.97 Å². The average molecular weight is 187 g/mol. The van der Waals surface area contributed by atoms with Gasteiger partial charge in [0.15, 0.2) is 0 Å². The minimum atomic E-state index is -0.776. The van der Waals surface area contributed by atoms with E-state index in [4.69, 9.17) is 10.8 Å². The Morgan fingerprint density at radius 1 is 1.46 bits per heavy atom. The zero-order chi connectivity index (χ0) is 10.5. The first-order valence-electron chi connectivity index (χ1n) is 4.93. The van der Waals surface area contributed by atoms with Crippen LogP contribution < -0.4 is 5.73 Å². The average Bonchev–Trinajstić information content (AvgIpc) is 2.13. The van der Waals surface area contributed by atoms with Crippen molar-refractivity contribution in [3.05, 3.63) is 0 Å². The zero-order valence-corrected chi connectivity index (χ0v) is 8.84. The molecule has 1 unspecified atom stereocenters. The highest BCUT2D eigenvalue weighted by Gasteiger charge is 2.33. The minimum Gasteiger partial charge on any atom is -0.481 e. The first-order valence-corrected chi connectivity index (χ1v) is 4.93. The summed E-state index contributed by atoms with van der Waals surface area (Å²) in [6.07, 6.45) is 2.74. The molecule has 0 aromatic carbocycles. The number of carboxylic acid groups (broad SMARTS) is 1. The number of aliphatic carboxylic acids is 1. The molecule has 3 N–H and O–H groups in total. The third-order valence-corrected chi connectivity index (χ3v) is 2.86. The molecule has 0 aromatic heterocycles. The van der Waals surface area contributed by atoms with Crippen LogP contribution in [0.5, 0.6) is 0 Å². The normalized spacial score (nSPS) is 15.8. The van der Waals surface area contributed by atoms with Crippen LogP contribution in [0.1, 0.15) is 40.0 Å². The molecule has 0 heterocycles. The Kier molecular flexibility index (Phi) is 4.99. The van der Waals surface area contributed by atoms with E-state index in [0.29, 0.717) is 12.3 Å². The second kappa shape index (κ2) is 5.22. The highest BCUT2D eigenvalue weighted by Crippen LogP contribution is 2.28. The maximum atomic E-state index is 10.9. The molecule has 0 amide bonds. The first kappa shape index (κ1) is 12.4. The Bertz CT molecular complexity index is 166. The maximum absolute atomic E-state index is 10.9. The highest BCUT2D eigenvalue weighted by atomic mass is 16.4. The third-order valence-electron chi connectivity index (χ3n) is 2.86. The highest BCUT2D eigenvalue weighted by molar-refractivity contribution is 5.74. The van der Waals surface area contributed by atoms with Crippen molar-refractivity contribution in [3.63, 3.8) is 0 Å². The lowest BCUT2D eigenvalue weighted by molar-refractivity contribution is -0.148. The second-order valence-corrected chi connectivity index (χ2v) is 3.96. The molecule has 0 rings (SSSR count). The molecule has 0 aromatic rings. The van der Waals surface area contributed by atoms with Crippen molar-refractivity contribution in [1.82, 2.24) is 0 Å². The fraction of sp³-hybridized carbons (Fsp3) is 0.900. The van der Waals surface area contributed by atoms with Crippen molar-refractivity contribution < 1.29 is 9.90 Å².